The van der Waals surface area contributed by atoms with Gasteiger partial charge in [-0.15, -0.1) is 0 Å². The Balaban J connectivity index is 1.79. The Bertz CT molecular complexity index is 1060. The SMILES string of the molecule is CC1=C(C(=O)OC(C)C)[C@@H](c2ccc(C)cc2)C2=C(C[C@@H](c3ccccc3)CC2=O)N1. The summed E-state index contributed by atoms with van der Waals surface area (Å²) < 4.78 is 5.57. The normalized spacial score (nSPS) is 21.1. The second-order valence-electron chi connectivity index (χ2n) is 8.79. The molecule has 31 heavy (non-hydrogen) atoms. The van der Waals surface area contributed by atoms with Gasteiger partial charge in [0.25, 0.3) is 0 Å². The van der Waals surface area contributed by atoms with Gasteiger partial charge in [0.1, 0.15) is 0 Å². The largest absolute Gasteiger partial charge is 0.460 e. The van der Waals surface area contributed by atoms with Crippen LogP contribution in [0.15, 0.2) is 77.1 Å². The van der Waals surface area contributed by atoms with Gasteiger partial charge in [0.2, 0.25) is 0 Å². The molecule has 0 aromatic heterocycles. The average Bonchev–Trinajstić information content (AvgIpc) is 2.73. The van der Waals surface area contributed by atoms with Gasteiger partial charge < -0.3 is 10.1 Å². The summed E-state index contributed by atoms with van der Waals surface area (Å²) in [7, 11) is 0. The van der Waals surface area contributed by atoms with Gasteiger partial charge >= 0.3 is 5.97 Å². The Labute approximate surface area is 184 Å². The zero-order chi connectivity index (χ0) is 22.1. The predicted molar refractivity (Wildman–Crippen MR) is 121 cm³/mol. The molecule has 4 nitrogen and oxygen atoms in total. The third-order valence-corrected chi connectivity index (χ3v) is 6.07. The van der Waals surface area contributed by atoms with Crippen LogP contribution in [0.1, 0.15) is 62.1 Å². The van der Waals surface area contributed by atoms with Crippen LogP contribution in [0.5, 0.6) is 0 Å². The molecule has 2 aromatic carbocycles. The van der Waals surface area contributed by atoms with E-state index in [2.05, 4.69) is 17.4 Å². The van der Waals surface area contributed by atoms with Crippen LogP contribution in [-0.4, -0.2) is 17.9 Å². The molecule has 2 aromatic rings. The first-order chi connectivity index (χ1) is 14.8. The number of allylic oxidation sites excluding steroid dienone is 3. The fourth-order valence-corrected chi connectivity index (χ4v) is 4.64. The van der Waals surface area contributed by atoms with E-state index < -0.39 is 5.92 Å². The van der Waals surface area contributed by atoms with Crippen molar-refractivity contribution in [2.45, 2.75) is 58.5 Å². The molecule has 0 saturated carbocycles. The lowest BCUT2D eigenvalue weighted by Crippen LogP contribution is -2.36. The molecule has 4 rings (SSSR count). The van der Waals surface area contributed by atoms with Crippen LogP contribution in [-0.2, 0) is 14.3 Å². The van der Waals surface area contributed by atoms with Gasteiger partial charge in [-0.25, -0.2) is 4.79 Å². The first-order valence-electron chi connectivity index (χ1n) is 10.9. The van der Waals surface area contributed by atoms with E-state index in [1.807, 2.05) is 70.2 Å². The Morgan fingerprint density at radius 2 is 1.65 bits per heavy atom. The van der Waals surface area contributed by atoms with Gasteiger partial charge in [-0.1, -0.05) is 60.2 Å². The molecule has 0 saturated heterocycles. The number of hydrogen-bond donors (Lipinski definition) is 1. The third-order valence-electron chi connectivity index (χ3n) is 6.07. The monoisotopic (exact) mass is 415 g/mol. The van der Waals surface area contributed by atoms with Crippen molar-refractivity contribution in [1.29, 1.82) is 0 Å². The number of carbonyl (C=O) groups is 2. The lowest BCUT2D eigenvalue weighted by molar-refractivity contribution is -0.143. The molecule has 0 unspecified atom stereocenters. The Kier molecular flexibility index (Phi) is 5.81. The molecule has 4 heteroatoms. The number of ketones is 1. The van der Waals surface area contributed by atoms with Gasteiger partial charge in [0.05, 0.1) is 11.7 Å². The number of benzene rings is 2. The molecule has 2 atom stereocenters. The number of ether oxygens (including phenoxy) is 1. The van der Waals surface area contributed by atoms with Crippen molar-refractivity contribution in [1.82, 2.24) is 5.32 Å². The zero-order valence-electron chi connectivity index (χ0n) is 18.6. The number of nitrogens with one attached hydrogen (secondary N) is 1. The quantitative estimate of drug-likeness (QED) is 0.688. The van der Waals surface area contributed by atoms with Crippen molar-refractivity contribution >= 4 is 11.8 Å². The minimum atomic E-state index is -0.410. The van der Waals surface area contributed by atoms with Crippen LogP contribution in [0, 0.1) is 6.92 Å². The van der Waals surface area contributed by atoms with Crippen LogP contribution in [0.25, 0.3) is 0 Å². The molecule has 0 radical (unpaired) electrons. The second kappa shape index (κ2) is 8.54. The Morgan fingerprint density at radius 3 is 2.29 bits per heavy atom. The number of esters is 1. The highest BCUT2D eigenvalue weighted by Crippen LogP contribution is 2.45. The summed E-state index contributed by atoms with van der Waals surface area (Å²) in [5, 5.41) is 3.40. The van der Waals surface area contributed by atoms with Crippen LogP contribution in [0.4, 0.5) is 0 Å². The maximum atomic E-state index is 13.5. The van der Waals surface area contributed by atoms with Gasteiger partial charge in [-0.3, -0.25) is 4.79 Å². The average molecular weight is 416 g/mol. The van der Waals surface area contributed by atoms with E-state index in [0.717, 1.165) is 28.9 Å². The summed E-state index contributed by atoms with van der Waals surface area (Å²) in [6.45, 7) is 7.61. The topological polar surface area (TPSA) is 55.4 Å². The van der Waals surface area contributed by atoms with Crippen molar-refractivity contribution in [3.8, 4) is 0 Å². The third kappa shape index (κ3) is 4.20. The van der Waals surface area contributed by atoms with Crippen LogP contribution >= 0.6 is 0 Å². The van der Waals surface area contributed by atoms with E-state index in [4.69, 9.17) is 4.74 Å². The Morgan fingerprint density at radius 1 is 0.968 bits per heavy atom. The number of Topliss-reactive ketones (excluding diaryl/α,β-unsaturated/α-hetero) is 1. The molecule has 1 aliphatic carbocycles. The van der Waals surface area contributed by atoms with Crippen molar-refractivity contribution in [3.63, 3.8) is 0 Å². The van der Waals surface area contributed by atoms with Crippen molar-refractivity contribution < 1.29 is 14.3 Å². The molecule has 160 valence electrons. The molecule has 1 heterocycles. The minimum absolute atomic E-state index is 0.0931. The molecule has 0 fully saturated rings. The highest BCUT2D eigenvalue weighted by molar-refractivity contribution is 6.04. The lowest BCUT2D eigenvalue weighted by atomic mass is 9.71. The molecule has 0 bridgehead atoms. The number of hydrogen-bond acceptors (Lipinski definition) is 4. The molecule has 0 amide bonds. The van der Waals surface area contributed by atoms with Crippen molar-refractivity contribution in [3.05, 3.63) is 93.8 Å². The zero-order valence-corrected chi connectivity index (χ0v) is 18.6. The van der Waals surface area contributed by atoms with Crippen LogP contribution < -0.4 is 5.32 Å². The number of carbonyl (C=O) groups excluding carboxylic acids is 2. The van der Waals surface area contributed by atoms with Gasteiger partial charge in [0.15, 0.2) is 5.78 Å². The van der Waals surface area contributed by atoms with Crippen LogP contribution in [0.2, 0.25) is 0 Å². The van der Waals surface area contributed by atoms with E-state index in [1.165, 1.54) is 5.56 Å². The summed E-state index contributed by atoms with van der Waals surface area (Å²) in [4.78, 5) is 26.6. The summed E-state index contributed by atoms with van der Waals surface area (Å²) in [5.74, 6) is -0.548. The fourth-order valence-electron chi connectivity index (χ4n) is 4.64. The number of rotatable bonds is 4. The second-order valence-corrected chi connectivity index (χ2v) is 8.79. The van der Waals surface area contributed by atoms with Gasteiger partial charge in [-0.2, -0.15) is 0 Å². The smallest absolute Gasteiger partial charge is 0.337 e. The maximum Gasteiger partial charge on any atom is 0.337 e. The minimum Gasteiger partial charge on any atom is -0.460 e. The summed E-state index contributed by atoms with van der Waals surface area (Å²) in [5.41, 5.74) is 6.17. The molecule has 1 N–H and O–H groups in total. The Hall–Kier alpha value is -3.14. The first kappa shape index (κ1) is 21.1. The first-order valence-corrected chi connectivity index (χ1v) is 10.9. The molecule has 1 aliphatic heterocycles. The van der Waals surface area contributed by atoms with Gasteiger partial charge in [-0.05, 0) is 51.2 Å². The molecule has 0 spiro atoms. The standard InChI is InChI=1S/C27H29NO3/c1-16(2)31-27(30)24-18(4)28-22-14-21(19-8-6-5-7-9-19)15-23(29)26(22)25(24)20-12-10-17(3)11-13-20/h5-13,16,21,25,28H,14-15H2,1-4H3/t21-,25-/m1/s1. The van der Waals surface area contributed by atoms with Crippen molar-refractivity contribution in [2.24, 2.45) is 0 Å². The van der Waals surface area contributed by atoms with E-state index in [0.29, 0.717) is 17.6 Å². The van der Waals surface area contributed by atoms with E-state index in [-0.39, 0.29) is 23.8 Å². The summed E-state index contributed by atoms with van der Waals surface area (Å²) >= 11 is 0. The molecule has 2 aliphatic rings. The molecular formula is C27H29NO3. The van der Waals surface area contributed by atoms with Gasteiger partial charge in [0, 0.05) is 29.3 Å². The predicted octanol–water partition coefficient (Wildman–Crippen LogP) is 5.31. The van der Waals surface area contributed by atoms with E-state index >= 15 is 0 Å². The highest BCUT2D eigenvalue weighted by atomic mass is 16.5. The fraction of sp³-hybridized carbons (Fsp3) is 0.333. The maximum absolute atomic E-state index is 13.5. The van der Waals surface area contributed by atoms with E-state index in [1.54, 1.807) is 0 Å². The van der Waals surface area contributed by atoms with E-state index in [9.17, 15) is 9.59 Å². The highest BCUT2D eigenvalue weighted by Gasteiger charge is 2.41. The molecular weight excluding hydrogens is 386 g/mol. The lowest BCUT2D eigenvalue weighted by Gasteiger charge is -2.37. The van der Waals surface area contributed by atoms with Crippen molar-refractivity contribution in [2.75, 3.05) is 0 Å². The summed E-state index contributed by atoms with van der Waals surface area (Å²) in [6, 6.07) is 18.3. The number of aryl methyl sites for hydroxylation is 1. The van der Waals surface area contributed by atoms with Crippen LogP contribution in [0.3, 0.4) is 0 Å². The number of dihydropyridines is 1. The summed E-state index contributed by atoms with van der Waals surface area (Å²) in [6.07, 6.45) is 0.960.